The van der Waals surface area contributed by atoms with Crippen molar-refractivity contribution >= 4 is 18.4 Å². The Kier molecular flexibility index (Phi) is 7.64. The zero-order valence-electron chi connectivity index (χ0n) is 28.7. The van der Waals surface area contributed by atoms with E-state index in [1.54, 1.807) is 0 Å². The molecule has 0 saturated carbocycles. The molecule has 7 aromatic carbocycles. The summed E-state index contributed by atoms with van der Waals surface area (Å²) in [6.07, 6.45) is 0. The third kappa shape index (κ3) is 5.62. The van der Waals surface area contributed by atoms with Gasteiger partial charge in [-0.05, 0) is 90.8 Å². The van der Waals surface area contributed by atoms with E-state index < -0.39 is 8.07 Å². The first-order valence-corrected chi connectivity index (χ1v) is 20.6. The predicted molar refractivity (Wildman–Crippen MR) is 217 cm³/mol. The fourth-order valence-corrected chi connectivity index (χ4v) is 10.9. The van der Waals surface area contributed by atoms with Crippen molar-refractivity contribution in [2.45, 2.75) is 13.1 Å². The molecule has 0 spiro atoms. The number of aromatic nitrogens is 2. The lowest BCUT2D eigenvalue weighted by molar-refractivity contribution is 1.20. The zero-order chi connectivity index (χ0) is 34.4. The number of rotatable bonds is 6. The van der Waals surface area contributed by atoms with Crippen LogP contribution in [-0.4, -0.2) is 18.0 Å². The van der Waals surface area contributed by atoms with Crippen molar-refractivity contribution in [3.8, 4) is 78.4 Å². The standard InChI is InChI=1S/C48H36N2Si/c1-51(2)44-27-13-12-26-43(44)46-47(51)45(39-25-15-24-38(29-39)37-23-14-22-36(28-37)33-16-6-3-7-17-33)49-48(50-46)42-31-40(34-18-8-4-9-19-34)30-41(32-42)35-20-10-5-11-21-35/h3-32H,1-2H3. The first-order chi connectivity index (χ1) is 25.0. The molecule has 1 aliphatic heterocycles. The molecule has 51 heavy (non-hydrogen) atoms. The fourth-order valence-electron chi connectivity index (χ4n) is 7.66. The molecule has 0 aliphatic carbocycles. The quantitative estimate of drug-likeness (QED) is 0.165. The second-order valence-corrected chi connectivity index (χ2v) is 18.1. The minimum Gasteiger partial charge on any atom is -0.228 e. The minimum atomic E-state index is -2.13. The van der Waals surface area contributed by atoms with Crippen LogP contribution < -0.4 is 10.4 Å². The van der Waals surface area contributed by atoms with Crippen LogP contribution in [0.2, 0.25) is 13.1 Å². The highest BCUT2D eigenvalue weighted by Crippen LogP contribution is 2.37. The average Bonchev–Trinajstić information content (AvgIpc) is 3.44. The Morgan fingerprint density at radius 2 is 0.725 bits per heavy atom. The van der Waals surface area contributed by atoms with Gasteiger partial charge in [-0.3, -0.25) is 0 Å². The largest absolute Gasteiger partial charge is 0.228 e. The number of hydrogen-bond acceptors (Lipinski definition) is 2. The van der Waals surface area contributed by atoms with Crippen molar-refractivity contribution in [1.82, 2.24) is 9.97 Å². The van der Waals surface area contributed by atoms with Crippen molar-refractivity contribution in [3.05, 3.63) is 182 Å². The van der Waals surface area contributed by atoms with Crippen LogP contribution in [0.3, 0.4) is 0 Å². The normalized spacial score (nSPS) is 12.7. The molecule has 9 rings (SSSR count). The van der Waals surface area contributed by atoms with E-state index in [9.17, 15) is 0 Å². The maximum atomic E-state index is 5.56. The van der Waals surface area contributed by atoms with Crippen LogP contribution in [-0.2, 0) is 0 Å². The zero-order valence-corrected chi connectivity index (χ0v) is 29.7. The van der Waals surface area contributed by atoms with Crippen molar-refractivity contribution < 1.29 is 0 Å². The second kappa shape index (κ2) is 12.6. The molecule has 8 aromatic rings. The first kappa shape index (κ1) is 30.9. The second-order valence-electron chi connectivity index (χ2n) is 13.8. The summed E-state index contributed by atoms with van der Waals surface area (Å²) < 4.78 is 0. The summed E-state index contributed by atoms with van der Waals surface area (Å²) in [6, 6.07) is 65.2. The Balaban J connectivity index is 1.26. The van der Waals surface area contributed by atoms with Gasteiger partial charge in [-0.25, -0.2) is 9.97 Å². The first-order valence-electron chi connectivity index (χ1n) is 17.6. The molecule has 2 nitrogen and oxygen atoms in total. The molecule has 0 atom stereocenters. The van der Waals surface area contributed by atoms with Gasteiger partial charge in [-0.2, -0.15) is 0 Å². The van der Waals surface area contributed by atoms with Crippen LogP contribution in [0.4, 0.5) is 0 Å². The molecule has 0 N–H and O–H groups in total. The third-order valence-corrected chi connectivity index (χ3v) is 13.7. The van der Waals surface area contributed by atoms with Crippen molar-refractivity contribution in [2.75, 3.05) is 0 Å². The molecule has 0 bridgehead atoms. The Hall–Kier alpha value is -6.16. The van der Waals surface area contributed by atoms with Gasteiger partial charge in [0, 0.05) is 11.1 Å². The summed E-state index contributed by atoms with van der Waals surface area (Å²) in [4.78, 5) is 11.0. The Morgan fingerprint density at radius 3 is 1.31 bits per heavy atom. The van der Waals surface area contributed by atoms with Gasteiger partial charge in [0.25, 0.3) is 0 Å². The summed E-state index contributed by atoms with van der Waals surface area (Å²) in [5.41, 5.74) is 14.9. The maximum Gasteiger partial charge on any atom is 0.160 e. The van der Waals surface area contributed by atoms with E-state index >= 15 is 0 Å². The smallest absolute Gasteiger partial charge is 0.160 e. The molecule has 2 heterocycles. The Bertz CT molecular complexity index is 2480. The van der Waals surface area contributed by atoms with Crippen LogP contribution in [0, 0.1) is 0 Å². The SMILES string of the molecule is C[Si]1(C)c2ccccc2-c2nc(-c3cc(-c4ccccc4)cc(-c4ccccc4)c3)nc(-c3cccc(-c4cccc(-c5ccccc5)c4)c3)c21. The molecule has 0 unspecified atom stereocenters. The van der Waals surface area contributed by atoms with Crippen LogP contribution in [0.1, 0.15) is 0 Å². The molecular formula is C48H36N2Si. The molecule has 0 fully saturated rings. The van der Waals surface area contributed by atoms with E-state index in [1.807, 2.05) is 0 Å². The summed E-state index contributed by atoms with van der Waals surface area (Å²) in [5.74, 6) is 0.747. The average molecular weight is 669 g/mol. The van der Waals surface area contributed by atoms with Gasteiger partial charge in [0.05, 0.1) is 11.4 Å². The van der Waals surface area contributed by atoms with Crippen LogP contribution >= 0.6 is 0 Å². The van der Waals surface area contributed by atoms with Gasteiger partial charge in [0.15, 0.2) is 5.82 Å². The van der Waals surface area contributed by atoms with Gasteiger partial charge in [-0.15, -0.1) is 0 Å². The van der Waals surface area contributed by atoms with Crippen molar-refractivity contribution in [3.63, 3.8) is 0 Å². The van der Waals surface area contributed by atoms with Gasteiger partial charge >= 0.3 is 0 Å². The van der Waals surface area contributed by atoms with E-state index in [0.29, 0.717) is 0 Å². The predicted octanol–water partition coefficient (Wildman–Crippen LogP) is 11.3. The van der Waals surface area contributed by atoms with Gasteiger partial charge in [-0.1, -0.05) is 165 Å². The highest BCUT2D eigenvalue weighted by molar-refractivity contribution is 7.04. The maximum absolute atomic E-state index is 5.56. The van der Waals surface area contributed by atoms with Gasteiger partial charge < -0.3 is 0 Å². The molecule has 0 saturated heterocycles. The topological polar surface area (TPSA) is 25.8 Å². The third-order valence-electron chi connectivity index (χ3n) is 10.2. The molecule has 242 valence electrons. The lowest BCUT2D eigenvalue weighted by Gasteiger charge is -2.22. The number of nitrogens with zero attached hydrogens (tertiary/aromatic N) is 2. The number of benzene rings is 7. The molecule has 3 heteroatoms. The minimum absolute atomic E-state index is 0.747. The van der Waals surface area contributed by atoms with E-state index in [2.05, 4.69) is 195 Å². The van der Waals surface area contributed by atoms with Crippen LogP contribution in [0.15, 0.2) is 182 Å². The van der Waals surface area contributed by atoms with Gasteiger partial charge in [0.2, 0.25) is 0 Å². The van der Waals surface area contributed by atoms with E-state index in [-0.39, 0.29) is 0 Å². The lowest BCUT2D eigenvalue weighted by atomic mass is 9.95. The van der Waals surface area contributed by atoms with Crippen molar-refractivity contribution in [2.24, 2.45) is 0 Å². The highest BCUT2D eigenvalue weighted by atomic mass is 28.3. The van der Waals surface area contributed by atoms with Crippen LogP contribution in [0.25, 0.3) is 78.4 Å². The Morgan fingerprint density at radius 1 is 0.333 bits per heavy atom. The fraction of sp³-hybridized carbons (Fsp3) is 0.0417. The van der Waals surface area contributed by atoms with E-state index in [0.717, 1.165) is 39.5 Å². The molecule has 1 aliphatic rings. The molecule has 0 amide bonds. The molecule has 1 aromatic heterocycles. The highest BCUT2D eigenvalue weighted by Gasteiger charge is 2.41. The van der Waals surface area contributed by atoms with Gasteiger partial charge in [0.1, 0.15) is 8.07 Å². The number of hydrogen-bond donors (Lipinski definition) is 0. The summed E-state index contributed by atoms with van der Waals surface area (Å²) >= 11 is 0. The Labute approximate surface area is 300 Å². The summed E-state index contributed by atoms with van der Waals surface area (Å²) in [7, 11) is -2.13. The lowest BCUT2D eigenvalue weighted by Crippen LogP contribution is -2.50. The summed E-state index contributed by atoms with van der Waals surface area (Å²) in [5, 5.41) is 2.73. The number of fused-ring (bicyclic) bond motifs is 3. The molecular weight excluding hydrogens is 633 g/mol. The van der Waals surface area contributed by atoms with Crippen LogP contribution in [0.5, 0.6) is 0 Å². The molecule has 0 radical (unpaired) electrons. The summed E-state index contributed by atoms with van der Waals surface area (Å²) in [6.45, 7) is 4.89. The van der Waals surface area contributed by atoms with Crippen molar-refractivity contribution in [1.29, 1.82) is 0 Å². The monoisotopic (exact) mass is 668 g/mol. The van der Waals surface area contributed by atoms with E-state index in [4.69, 9.17) is 9.97 Å². The van der Waals surface area contributed by atoms with E-state index in [1.165, 1.54) is 49.3 Å².